The van der Waals surface area contributed by atoms with E-state index >= 15 is 0 Å². The molecule has 1 N–H and O–H groups in total. The molecule has 3 heterocycles. The van der Waals surface area contributed by atoms with Crippen LogP contribution >= 0.6 is 0 Å². The number of carbonyl (C=O) groups is 1. The molecule has 134 valence electrons. The number of halogens is 1. The SMILES string of the molecule is O=C(NCC1(c2ccc(F)cc2)CCOCC1)c1cn2cccnc2n1. The number of imidazole rings is 1. The molecule has 1 saturated heterocycles. The van der Waals surface area contributed by atoms with Crippen molar-refractivity contribution in [3.8, 4) is 0 Å². The van der Waals surface area contributed by atoms with E-state index in [1.165, 1.54) is 12.1 Å². The van der Waals surface area contributed by atoms with Gasteiger partial charge in [-0.3, -0.25) is 9.20 Å². The zero-order valence-electron chi connectivity index (χ0n) is 14.2. The Morgan fingerprint density at radius 1 is 1.27 bits per heavy atom. The van der Waals surface area contributed by atoms with Crippen molar-refractivity contribution < 1.29 is 13.9 Å². The van der Waals surface area contributed by atoms with Crippen LogP contribution in [0.3, 0.4) is 0 Å². The van der Waals surface area contributed by atoms with E-state index in [2.05, 4.69) is 15.3 Å². The van der Waals surface area contributed by atoms with Gasteiger partial charge in [-0.25, -0.2) is 14.4 Å². The minimum atomic E-state index is -0.266. The Bertz CT molecular complexity index is 884. The summed E-state index contributed by atoms with van der Waals surface area (Å²) in [5.41, 5.74) is 1.07. The summed E-state index contributed by atoms with van der Waals surface area (Å²) in [7, 11) is 0. The van der Waals surface area contributed by atoms with Crippen molar-refractivity contribution in [1.29, 1.82) is 0 Å². The molecule has 1 fully saturated rings. The van der Waals surface area contributed by atoms with E-state index in [9.17, 15) is 9.18 Å². The molecule has 1 aliphatic rings. The third-order valence-corrected chi connectivity index (χ3v) is 4.96. The van der Waals surface area contributed by atoms with Crippen molar-refractivity contribution in [2.24, 2.45) is 0 Å². The second-order valence-electron chi connectivity index (χ2n) is 6.54. The zero-order chi connectivity index (χ0) is 18.0. The Morgan fingerprint density at radius 2 is 2.04 bits per heavy atom. The average Bonchev–Trinajstić information content (AvgIpc) is 3.12. The first-order valence-electron chi connectivity index (χ1n) is 8.58. The first-order chi connectivity index (χ1) is 12.7. The molecule has 0 saturated carbocycles. The van der Waals surface area contributed by atoms with Gasteiger partial charge >= 0.3 is 0 Å². The fourth-order valence-electron chi connectivity index (χ4n) is 3.41. The molecule has 4 rings (SSSR count). The topological polar surface area (TPSA) is 68.5 Å². The normalized spacial score (nSPS) is 16.5. The minimum Gasteiger partial charge on any atom is -0.381 e. The molecule has 3 aromatic rings. The van der Waals surface area contributed by atoms with E-state index in [0.717, 1.165) is 18.4 Å². The third kappa shape index (κ3) is 3.17. The van der Waals surface area contributed by atoms with Gasteiger partial charge in [-0.1, -0.05) is 12.1 Å². The number of benzene rings is 1. The number of hydrogen-bond donors (Lipinski definition) is 1. The summed E-state index contributed by atoms with van der Waals surface area (Å²) in [4.78, 5) is 21.0. The van der Waals surface area contributed by atoms with Crippen molar-refractivity contribution in [2.75, 3.05) is 19.8 Å². The second kappa shape index (κ2) is 6.84. The Balaban J connectivity index is 1.54. The second-order valence-corrected chi connectivity index (χ2v) is 6.54. The lowest BCUT2D eigenvalue weighted by Gasteiger charge is -2.37. The highest BCUT2D eigenvalue weighted by molar-refractivity contribution is 5.92. The number of aromatic nitrogens is 3. The Kier molecular flexibility index (Phi) is 4.38. The summed E-state index contributed by atoms with van der Waals surface area (Å²) in [6.07, 6.45) is 6.63. The minimum absolute atomic E-state index is 0.247. The largest absolute Gasteiger partial charge is 0.381 e. The van der Waals surface area contributed by atoms with E-state index < -0.39 is 0 Å². The quantitative estimate of drug-likeness (QED) is 0.781. The molecule has 0 radical (unpaired) electrons. The maximum atomic E-state index is 13.3. The van der Waals surface area contributed by atoms with Crippen molar-refractivity contribution in [3.63, 3.8) is 0 Å². The number of nitrogens with one attached hydrogen (secondary N) is 1. The van der Waals surface area contributed by atoms with E-state index in [0.29, 0.717) is 31.2 Å². The van der Waals surface area contributed by atoms with Crippen molar-refractivity contribution >= 4 is 11.7 Å². The van der Waals surface area contributed by atoms with Crippen molar-refractivity contribution in [3.05, 3.63) is 66.0 Å². The van der Waals surface area contributed by atoms with E-state index in [-0.39, 0.29) is 17.1 Å². The van der Waals surface area contributed by atoms with Crippen LogP contribution in [0, 0.1) is 5.82 Å². The summed E-state index contributed by atoms with van der Waals surface area (Å²) < 4.78 is 20.5. The van der Waals surface area contributed by atoms with Gasteiger partial charge in [0.25, 0.3) is 5.91 Å². The van der Waals surface area contributed by atoms with Gasteiger partial charge < -0.3 is 10.1 Å². The maximum absolute atomic E-state index is 13.3. The van der Waals surface area contributed by atoms with Gasteiger partial charge in [0, 0.05) is 43.8 Å². The number of ether oxygens (including phenoxy) is 1. The lowest BCUT2D eigenvalue weighted by atomic mass is 9.74. The molecule has 1 aromatic carbocycles. The van der Waals surface area contributed by atoms with Crippen LogP contribution in [-0.4, -0.2) is 40.0 Å². The first-order valence-corrected chi connectivity index (χ1v) is 8.58. The molecule has 26 heavy (non-hydrogen) atoms. The summed E-state index contributed by atoms with van der Waals surface area (Å²) in [6, 6.07) is 8.29. The van der Waals surface area contributed by atoms with Crippen molar-refractivity contribution in [1.82, 2.24) is 19.7 Å². The lowest BCUT2D eigenvalue weighted by Crippen LogP contribution is -2.44. The molecule has 0 unspecified atom stereocenters. The van der Waals surface area contributed by atoms with E-state index in [1.54, 1.807) is 41.2 Å². The summed E-state index contributed by atoms with van der Waals surface area (Å²) in [6.45, 7) is 1.68. The number of nitrogens with zero attached hydrogens (tertiary/aromatic N) is 3. The Labute approximate surface area is 150 Å². The maximum Gasteiger partial charge on any atom is 0.271 e. The van der Waals surface area contributed by atoms with Crippen LogP contribution in [-0.2, 0) is 10.2 Å². The van der Waals surface area contributed by atoms with Crippen LogP contribution in [0.1, 0.15) is 28.9 Å². The lowest BCUT2D eigenvalue weighted by molar-refractivity contribution is 0.0486. The third-order valence-electron chi connectivity index (χ3n) is 4.96. The molecule has 0 spiro atoms. The first kappa shape index (κ1) is 16.7. The van der Waals surface area contributed by atoms with Crippen LogP contribution in [0.15, 0.2) is 48.9 Å². The highest BCUT2D eigenvalue weighted by Crippen LogP contribution is 2.34. The van der Waals surface area contributed by atoms with Crippen LogP contribution < -0.4 is 5.32 Å². The molecule has 1 amide bonds. The van der Waals surface area contributed by atoms with Crippen LogP contribution in [0.25, 0.3) is 5.78 Å². The predicted molar refractivity (Wildman–Crippen MR) is 93.5 cm³/mol. The van der Waals surface area contributed by atoms with Gasteiger partial charge in [0.2, 0.25) is 5.78 Å². The number of carbonyl (C=O) groups excluding carboxylic acids is 1. The van der Waals surface area contributed by atoms with Gasteiger partial charge in [0.05, 0.1) is 0 Å². The number of amides is 1. The van der Waals surface area contributed by atoms with E-state index in [4.69, 9.17) is 4.74 Å². The monoisotopic (exact) mass is 354 g/mol. The predicted octanol–water partition coefficient (Wildman–Crippen LogP) is 2.35. The standard InChI is InChI=1S/C19H19FN4O2/c20-15-4-2-14(3-5-15)19(6-10-26-11-7-19)13-22-17(25)16-12-24-9-1-8-21-18(24)23-16/h1-5,8-9,12H,6-7,10-11,13H2,(H,22,25). The summed E-state index contributed by atoms with van der Waals surface area (Å²) >= 11 is 0. The molecule has 0 atom stereocenters. The fraction of sp³-hybridized carbons (Fsp3) is 0.316. The smallest absolute Gasteiger partial charge is 0.271 e. The number of rotatable bonds is 4. The van der Waals surface area contributed by atoms with Gasteiger partial charge in [-0.2, -0.15) is 0 Å². The summed E-state index contributed by atoms with van der Waals surface area (Å²) in [5, 5.41) is 2.99. The molecule has 0 aliphatic carbocycles. The van der Waals surface area contributed by atoms with Gasteiger partial charge in [-0.15, -0.1) is 0 Å². The molecule has 6 nitrogen and oxygen atoms in total. The Morgan fingerprint density at radius 3 is 2.77 bits per heavy atom. The summed E-state index contributed by atoms with van der Waals surface area (Å²) in [5.74, 6) is -0.0300. The van der Waals surface area contributed by atoms with Gasteiger partial charge in [0.15, 0.2) is 0 Å². The van der Waals surface area contributed by atoms with Crippen LogP contribution in [0.2, 0.25) is 0 Å². The zero-order valence-corrected chi connectivity index (χ0v) is 14.2. The van der Waals surface area contributed by atoms with Crippen LogP contribution in [0.4, 0.5) is 4.39 Å². The van der Waals surface area contributed by atoms with E-state index in [1.807, 2.05) is 0 Å². The molecule has 7 heteroatoms. The van der Waals surface area contributed by atoms with Crippen molar-refractivity contribution in [2.45, 2.75) is 18.3 Å². The van der Waals surface area contributed by atoms with Gasteiger partial charge in [0.1, 0.15) is 11.5 Å². The average molecular weight is 354 g/mol. The highest BCUT2D eigenvalue weighted by Gasteiger charge is 2.35. The molecule has 1 aliphatic heterocycles. The Hall–Kier alpha value is -2.80. The van der Waals surface area contributed by atoms with Crippen LogP contribution in [0.5, 0.6) is 0 Å². The molecule has 0 bridgehead atoms. The highest BCUT2D eigenvalue weighted by atomic mass is 19.1. The number of fused-ring (bicyclic) bond motifs is 1. The molecular formula is C19H19FN4O2. The van der Waals surface area contributed by atoms with Gasteiger partial charge in [-0.05, 0) is 36.6 Å². The molecule has 2 aromatic heterocycles. The number of hydrogen-bond acceptors (Lipinski definition) is 4. The molecular weight excluding hydrogens is 335 g/mol. The fourth-order valence-corrected chi connectivity index (χ4v) is 3.41.